The Kier molecular flexibility index (Phi) is 3.74. The molecule has 1 saturated heterocycles. The van der Waals surface area contributed by atoms with Crippen LogP contribution in [0.3, 0.4) is 0 Å². The lowest BCUT2D eigenvalue weighted by molar-refractivity contribution is -0.0792. The molecule has 3 atom stereocenters. The molecule has 2 nitrogen and oxygen atoms in total. The van der Waals surface area contributed by atoms with Gasteiger partial charge < -0.3 is 10.4 Å². The lowest BCUT2D eigenvalue weighted by atomic mass is 9.73. The van der Waals surface area contributed by atoms with Gasteiger partial charge in [-0.15, -0.1) is 0 Å². The quantitative estimate of drug-likeness (QED) is 0.702. The molecule has 0 bridgehead atoms. The molecular formula is C11H23NO. The summed E-state index contributed by atoms with van der Waals surface area (Å²) in [5.74, 6) is 0.831. The molecule has 1 heterocycles. The minimum absolute atomic E-state index is 0.391. The summed E-state index contributed by atoms with van der Waals surface area (Å²) >= 11 is 0. The number of aliphatic hydroxyl groups is 1. The minimum atomic E-state index is -0.415. The minimum Gasteiger partial charge on any atom is -0.389 e. The topological polar surface area (TPSA) is 32.3 Å². The molecule has 0 radical (unpaired) electrons. The van der Waals surface area contributed by atoms with E-state index in [1.54, 1.807) is 0 Å². The maximum absolute atomic E-state index is 10.5. The Hall–Kier alpha value is -0.0800. The van der Waals surface area contributed by atoms with Crippen molar-refractivity contribution in [2.24, 2.45) is 11.8 Å². The third kappa shape index (κ3) is 2.23. The Morgan fingerprint density at radius 2 is 2.31 bits per heavy atom. The van der Waals surface area contributed by atoms with E-state index in [1.165, 1.54) is 6.42 Å². The van der Waals surface area contributed by atoms with Gasteiger partial charge in [-0.2, -0.15) is 0 Å². The van der Waals surface area contributed by atoms with Crippen molar-refractivity contribution in [1.29, 1.82) is 0 Å². The first-order valence-corrected chi connectivity index (χ1v) is 5.54. The second-order valence-electron chi connectivity index (χ2n) is 4.54. The smallest absolute Gasteiger partial charge is 0.0722 e. The van der Waals surface area contributed by atoms with Crippen LogP contribution in [0.4, 0.5) is 0 Å². The number of rotatable bonds is 3. The fourth-order valence-corrected chi connectivity index (χ4v) is 2.45. The summed E-state index contributed by atoms with van der Waals surface area (Å²) in [6, 6.07) is 0. The molecule has 0 aromatic heterocycles. The van der Waals surface area contributed by atoms with Crippen LogP contribution < -0.4 is 5.32 Å². The van der Waals surface area contributed by atoms with E-state index in [1.807, 2.05) is 0 Å². The van der Waals surface area contributed by atoms with Crippen LogP contribution in [-0.4, -0.2) is 23.8 Å². The molecule has 3 unspecified atom stereocenters. The van der Waals surface area contributed by atoms with Crippen molar-refractivity contribution >= 4 is 0 Å². The molecule has 0 aromatic rings. The maximum atomic E-state index is 10.5. The molecule has 78 valence electrons. The Labute approximate surface area is 81.7 Å². The van der Waals surface area contributed by atoms with Crippen molar-refractivity contribution in [2.75, 3.05) is 13.1 Å². The highest BCUT2D eigenvalue weighted by atomic mass is 16.3. The maximum Gasteiger partial charge on any atom is 0.0722 e. The van der Waals surface area contributed by atoms with Gasteiger partial charge in [-0.25, -0.2) is 0 Å². The molecule has 1 aliphatic heterocycles. The Balaban J connectivity index is 2.59. The largest absolute Gasteiger partial charge is 0.389 e. The average molecular weight is 185 g/mol. The van der Waals surface area contributed by atoms with Gasteiger partial charge >= 0.3 is 0 Å². The number of piperidine rings is 1. The van der Waals surface area contributed by atoms with Crippen LogP contribution in [0.5, 0.6) is 0 Å². The van der Waals surface area contributed by atoms with Crippen LogP contribution in [0.1, 0.15) is 40.0 Å². The zero-order valence-electron chi connectivity index (χ0n) is 9.14. The van der Waals surface area contributed by atoms with Gasteiger partial charge in [0.1, 0.15) is 0 Å². The summed E-state index contributed by atoms with van der Waals surface area (Å²) in [6.07, 6.45) is 3.22. The number of hydrogen-bond donors (Lipinski definition) is 2. The average Bonchev–Trinajstić information content (AvgIpc) is 2.11. The zero-order valence-corrected chi connectivity index (χ0v) is 9.14. The van der Waals surface area contributed by atoms with Gasteiger partial charge in [0.25, 0.3) is 0 Å². The first-order chi connectivity index (χ1) is 6.11. The lowest BCUT2D eigenvalue weighted by Crippen LogP contribution is -2.52. The molecule has 13 heavy (non-hydrogen) atoms. The summed E-state index contributed by atoms with van der Waals surface area (Å²) in [4.78, 5) is 0. The van der Waals surface area contributed by atoms with Gasteiger partial charge in [0.2, 0.25) is 0 Å². The van der Waals surface area contributed by atoms with E-state index in [0.717, 1.165) is 25.9 Å². The van der Waals surface area contributed by atoms with E-state index >= 15 is 0 Å². The van der Waals surface area contributed by atoms with Crippen molar-refractivity contribution in [2.45, 2.75) is 45.6 Å². The van der Waals surface area contributed by atoms with Crippen molar-refractivity contribution in [3.05, 3.63) is 0 Å². The fraction of sp³-hybridized carbons (Fsp3) is 1.00. The van der Waals surface area contributed by atoms with E-state index in [9.17, 15) is 5.11 Å². The Bertz CT molecular complexity index is 160. The van der Waals surface area contributed by atoms with E-state index in [4.69, 9.17) is 0 Å². The standard InChI is InChI=1S/C11H23NO/c1-4-5-9(2)11(13)6-7-12-8-10(11)3/h9-10,12-13H,4-8H2,1-3H3. The summed E-state index contributed by atoms with van der Waals surface area (Å²) in [7, 11) is 0. The van der Waals surface area contributed by atoms with Crippen LogP contribution >= 0.6 is 0 Å². The van der Waals surface area contributed by atoms with Gasteiger partial charge in [0.15, 0.2) is 0 Å². The van der Waals surface area contributed by atoms with Crippen molar-refractivity contribution in [3.63, 3.8) is 0 Å². The molecule has 0 amide bonds. The highest BCUT2D eigenvalue weighted by Crippen LogP contribution is 2.34. The summed E-state index contributed by atoms with van der Waals surface area (Å²) in [5.41, 5.74) is -0.415. The molecule has 0 aromatic carbocycles. The van der Waals surface area contributed by atoms with E-state index in [2.05, 4.69) is 26.1 Å². The van der Waals surface area contributed by atoms with Crippen molar-refractivity contribution in [3.8, 4) is 0 Å². The molecule has 0 spiro atoms. The monoisotopic (exact) mass is 185 g/mol. The zero-order chi connectivity index (χ0) is 9.90. The molecule has 2 heteroatoms. The molecular weight excluding hydrogens is 162 g/mol. The predicted octanol–water partition coefficient (Wildman–Crippen LogP) is 1.78. The van der Waals surface area contributed by atoms with Gasteiger partial charge in [0.05, 0.1) is 5.60 Å². The van der Waals surface area contributed by atoms with E-state index in [-0.39, 0.29) is 0 Å². The van der Waals surface area contributed by atoms with Crippen LogP contribution in [-0.2, 0) is 0 Å². The molecule has 1 fully saturated rings. The fourth-order valence-electron chi connectivity index (χ4n) is 2.45. The molecule has 0 saturated carbocycles. The summed E-state index contributed by atoms with van der Waals surface area (Å²) in [6.45, 7) is 8.45. The second-order valence-corrected chi connectivity index (χ2v) is 4.54. The third-order valence-electron chi connectivity index (χ3n) is 3.58. The molecule has 1 aliphatic rings. The highest BCUT2D eigenvalue weighted by Gasteiger charge is 2.40. The van der Waals surface area contributed by atoms with Gasteiger partial charge in [-0.05, 0) is 31.2 Å². The van der Waals surface area contributed by atoms with Crippen molar-refractivity contribution in [1.82, 2.24) is 5.32 Å². The molecule has 2 N–H and O–H groups in total. The van der Waals surface area contributed by atoms with Gasteiger partial charge in [-0.3, -0.25) is 0 Å². The SMILES string of the molecule is CCCC(C)C1(O)CCNCC1C. The lowest BCUT2D eigenvalue weighted by Gasteiger charge is -2.43. The van der Waals surface area contributed by atoms with Crippen LogP contribution in [0, 0.1) is 11.8 Å². The van der Waals surface area contributed by atoms with Gasteiger partial charge in [-0.1, -0.05) is 27.2 Å². The van der Waals surface area contributed by atoms with Crippen LogP contribution in [0.2, 0.25) is 0 Å². The summed E-state index contributed by atoms with van der Waals surface area (Å²) < 4.78 is 0. The van der Waals surface area contributed by atoms with Crippen LogP contribution in [0.15, 0.2) is 0 Å². The summed E-state index contributed by atoms with van der Waals surface area (Å²) in [5, 5.41) is 13.8. The first-order valence-electron chi connectivity index (χ1n) is 5.54. The third-order valence-corrected chi connectivity index (χ3v) is 3.58. The highest BCUT2D eigenvalue weighted by molar-refractivity contribution is 4.93. The first kappa shape index (κ1) is 11.0. The van der Waals surface area contributed by atoms with Crippen LogP contribution in [0.25, 0.3) is 0 Å². The predicted molar refractivity (Wildman–Crippen MR) is 55.7 cm³/mol. The van der Waals surface area contributed by atoms with E-state index < -0.39 is 5.60 Å². The van der Waals surface area contributed by atoms with Gasteiger partial charge in [0, 0.05) is 6.54 Å². The number of hydrogen-bond acceptors (Lipinski definition) is 2. The normalized spacial score (nSPS) is 37.4. The Morgan fingerprint density at radius 1 is 1.62 bits per heavy atom. The number of nitrogens with one attached hydrogen (secondary N) is 1. The molecule has 0 aliphatic carbocycles. The Morgan fingerprint density at radius 3 is 2.85 bits per heavy atom. The molecule has 1 rings (SSSR count). The van der Waals surface area contributed by atoms with Crippen molar-refractivity contribution < 1.29 is 5.11 Å². The second kappa shape index (κ2) is 4.43. The van der Waals surface area contributed by atoms with E-state index in [0.29, 0.717) is 11.8 Å².